The third-order valence-electron chi connectivity index (χ3n) is 6.87. The van der Waals surface area contributed by atoms with Crippen molar-refractivity contribution in [2.75, 3.05) is 17.2 Å². The molecule has 3 atom stereocenters. The van der Waals surface area contributed by atoms with E-state index in [4.69, 9.17) is 16.5 Å². The maximum atomic E-state index is 13.5. The van der Waals surface area contributed by atoms with Gasteiger partial charge in [-0.25, -0.2) is 18.7 Å². The highest BCUT2D eigenvalue weighted by Gasteiger charge is 2.39. The van der Waals surface area contributed by atoms with Crippen LogP contribution in [0.2, 0.25) is 0 Å². The summed E-state index contributed by atoms with van der Waals surface area (Å²) in [6.07, 6.45) is 0.0210. The highest BCUT2D eigenvalue weighted by molar-refractivity contribution is 7.21. The number of nitrogens with one attached hydrogen (secondary N) is 1. The van der Waals surface area contributed by atoms with Gasteiger partial charge in [-0.05, 0) is 62.8 Å². The van der Waals surface area contributed by atoms with Gasteiger partial charge in [0, 0.05) is 35.4 Å². The van der Waals surface area contributed by atoms with Crippen LogP contribution in [0.15, 0.2) is 18.2 Å². The molecule has 3 aromatic heterocycles. The standard InChI is InChI=1S/C24H28F2N6OS/c1-11-9-12(2)29-24-18(11)19(28)21(34-24)23(33)30-14-4-5-16-13(10-14)3-6-17(31-16)32-8-7-15(27)20(32)22(25)26/h3,6,9,14-15,20,22H,4-5,7-8,10,27-28H2,1-2H3,(H,30,33). The van der Waals surface area contributed by atoms with E-state index in [9.17, 15) is 13.6 Å². The van der Waals surface area contributed by atoms with E-state index in [1.54, 1.807) is 11.0 Å². The molecule has 1 fully saturated rings. The normalized spacial score (nSPS) is 22.4. The van der Waals surface area contributed by atoms with Crippen LogP contribution in [0.25, 0.3) is 10.2 Å². The molecule has 3 unspecified atom stereocenters. The van der Waals surface area contributed by atoms with Gasteiger partial charge in [0.2, 0.25) is 0 Å². The molecule has 4 heterocycles. The monoisotopic (exact) mass is 486 g/mol. The Morgan fingerprint density at radius 3 is 2.82 bits per heavy atom. The Morgan fingerprint density at radius 1 is 1.26 bits per heavy atom. The summed E-state index contributed by atoms with van der Waals surface area (Å²) in [5.41, 5.74) is 16.5. The first-order valence-corrected chi connectivity index (χ1v) is 12.3. The number of rotatable bonds is 4. The lowest BCUT2D eigenvalue weighted by Crippen LogP contribution is -2.45. The molecule has 0 bridgehead atoms. The van der Waals surface area contributed by atoms with E-state index >= 15 is 0 Å². The van der Waals surface area contributed by atoms with E-state index < -0.39 is 18.5 Å². The maximum absolute atomic E-state index is 13.5. The van der Waals surface area contributed by atoms with Gasteiger partial charge in [0.25, 0.3) is 12.3 Å². The Labute approximate surface area is 200 Å². The number of anilines is 2. The van der Waals surface area contributed by atoms with Crippen molar-refractivity contribution < 1.29 is 13.6 Å². The first-order chi connectivity index (χ1) is 16.2. The van der Waals surface area contributed by atoms with E-state index in [1.807, 2.05) is 26.0 Å². The Bertz CT molecular complexity index is 1260. The lowest BCUT2D eigenvalue weighted by atomic mass is 9.91. The highest BCUT2D eigenvalue weighted by atomic mass is 32.1. The SMILES string of the molecule is Cc1cc(C)c2c(N)c(C(=O)NC3CCc4nc(N5CCC(N)C5C(F)F)ccc4C3)sc2n1. The summed E-state index contributed by atoms with van der Waals surface area (Å²) in [7, 11) is 0. The van der Waals surface area contributed by atoms with Crippen LogP contribution < -0.4 is 21.7 Å². The molecule has 5 N–H and O–H groups in total. The zero-order valence-electron chi connectivity index (χ0n) is 19.1. The molecule has 0 saturated carbocycles. The van der Waals surface area contributed by atoms with Crippen molar-refractivity contribution in [3.05, 3.63) is 45.6 Å². The molecule has 0 spiro atoms. The van der Waals surface area contributed by atoms with Crippen molar-refractivity contribution in [2.24, 2.45) is 5.73 Å². The van der Waals surface area contributed by atoms with Gasteiger partial charge in [-0.2, -0.15) is 0 Å². The molecule has 3 aromatic rings. The molecule has 7 nitrogen and oxygen atoms in total. The summed E-state index contributed by atoms with van der Waals surface area (Å²) in [5.74, 6) is 0.358. The summed E-state index contributed by atoms with van der Waals surface area (Å²) >= 11 is 1.32. The summed E-state index contributed by atoms with van der Waals surface area (Å²) in [6.45, 7) is 4.37. The Balaban J connectivity index is 1.31. The molecular formula is C24H28F2N6OS. The number of aromatic nitrogens is 2. The van der Waals surface area contributed by atoms with Gasteiger partial charge in [-0.15, -0.1) is 11.3 Å². The molecule has 1 aliphatic heterocycles. The quantitative estimate of drug-likeness (QED) is 0.522. The minimum Gasteiger partial charge on any atom is -0.397 e. The van der Waals surface area contributed by atoms with Gasteiger partial charge in [-0.1, -0.05) is 6.07 Å². The predicted molar refractivity (Wildman–Crippen MR) is 131 cm³/mol. The molecule has 5 rings (SSSR count). The number of amides is 1. The van der Waals surface area contributed by atoms with Crippen molar-refractivity contribution in [3.63, 3.8) is 0 Å². The number of aryl methyl sites for hydroxylation is 3. The van der Waals surface area contributed by atoms with Gasteiger partial charge in [-0.3, -0.25) is 4.79 Å². The number of carbonyl (C=O) groups excluding carboxylic acids is 1. The van der Waals surface area contributed by atoms with E-state index in [0.29, 0.717) is 48.6 Å². The van der Waals surface area contributed by atoms with Crippen LogP contribution >= 0.6 is 11.3 Å². The number of carbonyl (C=O) groups is 1. The third kappa shape index (κ3) is 3.98. The summed E-state index contributed by atoms with van der Waals surface area (Å²) in [4.78, 5) is 25.2. The number of nitrogen functional groups attached to an aromatic ring is 1. The molecule has 2 aliphatic rings. The lowest BCUT2D eigenvalue weighted by Gasteiger charge is -2.29. The van der Waals surface area contributed by atoms with E-state index in [0.717, 1.165) is 32.7 Å². The fraction of sp³-hybridized carbons (Fsp3) is 0.458. The van der Waals surface area contributed by atoms with Gasteiger partial charge in [0.15, 0.2) is 0 Å². The minimum atomic E-state index is -2.51. The van der Waals surface area contributed by atoms with Crippen LogP contribution in [0.5, 0.6) is 0 Å². The van der Waals surface area contributed by atoms with Crippen LogP contribution in [0, 0.1) is 13.8 Å². The van der Waals surface area contributed by atoms with Crippen molar-refractivity contribution in [1.82, 2.24) is 15.3 Å². The van der Waals surface area contributed by atoms with Crippen LogP contribution in [-0.4, -0.2) is 47.0 Å². The number of thiophene rings is 1. The average Bonchev–Trinajstić information content (AvgIpc) is 3.33. The topological polar surface area (TPSA) is 110 Å². The van der Waals surface area contributed by atoms with Gasteiger partial charge in [0.05, 0.1) is 5.69 Å². The molecule has 10 heteroatoms. The predicted octanol–water partition coefficient (Wildman–Crippen LogP) is 3.35. The van der Waals surface area contributed by atoms with Gasteiger partial charge in [0.1, 0.15) is 21.6 Å². The molecule has 1 aliphatic carbocycles. The van der Waals surface area contributed by atoms with E-state index in [-0.39, 0.29) is 11.9 Å². The largest absolute Gasteiger partial charge is 0.397 e. The number of fused-ring (bicyclic) bond motifs is 2. The number of halogens is 2. The number of hydrogen-bond donors (Lipinski definition) is 3. The second kappa shape index (κ2) is 8.74. The summed E-state index contributed by atoms with van der Waals surface area (Å²) < 4.78 is 27.0. The van der Waals surface area contributed by atoms with Crippen LogP contribution in [0.4, 0.5) is 20.3 Å². The zero-order chi connectivity index (χ0) is 24.1. The first-order valence-electron chi connectivity index (χ1n) is 11.5. The van der Waals surface area contributed by atoms with E-state index in [1.165, 1.54) is 11.3 Å². The van der Waals surface area contributed by atoms with Crippen LogP contribution in [-0.2, 0) is 12.8 Å². The molecule has 0 aromatic carbocycles. The fourth-order valence-electron chi connectivity index (χ4n) is 5.20. The van der Waals surface area contributed by atoms with Crippen molar-refractivity contribution in [1.29, 1.82) is 0 Å². The third-order valence-corrected chi connectivity index (χ3v) is 7.97. The van der Waals surface area contributed by atoms with Crippen LogP contribution in [0.3, 0.4) is 0 Å². The Hall–Kier alpha value is -2.85. The fourth-order valence-corrected chi connectivity index (χ4v) is 6.32. The number of pyridine rings is 2. The highest BCUT2D eigenvalue weighted by Crippen LogP contribution is 2.35. The molecule has 34 heavy (non-hydrogen) atoms. The summed E-state index contributed by atoms with van der Waals surface area (Å²) in [6, 6.07) is 4.08. The van der Waals surface area contributed by atoms with Gasteiger partial charge >= 0.3 is 0 Å². The number of nitrogens with two attached hydrogens (primary N) is 2. The van der Waals surface area contributed by atoms with E-state index in [2.05, 4.69) is 10.3 Å². The molecule has 0 radical (unpaired) electrons. The second-order valence-electron chi connectivity index (χ2n) is 9.26. The minimum absolute atomic E-state index is 0.0536. The summed E-state index contributed by atoms with van der Waals surface area (Å²) in [5, 5.41) is 3.96. The lowest BCUT2D eigenvalue weighted by molar-refractivity contribution is 0.0938. The number of hydrogen-bond acceptors (Lipinski definition) is 7. The van der Waals surface area contributed by atoms with Crippen molar-refractivity contribution in [2.45, 2.75) is 64.1 Å². The first kappa shape index (κ1) is 22.9. The zero-order valence-corrected chi connectivity index (χ0v) is 20.0. The van der Waals surface area contributed by atoms with Crippen molar-refractivity contribution in [3.8, 4) is 0 Å². The second-order valence-corrected chi connectivity index (χ2v) is 10.3. The Morgan fingerprint density at radius 2 is 2.06 bits per heavy atom. The maximum Gasteiger partial charge on any atom is 0.263 e. The average molecular weight is 487 g/mol. The molecular weight excluding hydrogens is 458 g/mol. The van der Waals surface area contributed by atoms with Crippen molar-refractivity contribution >= 4 is 39.0 Å². The molecule has 180 valence electrons. The Kier molecular flexibility index (Phi) is 5.89. The molecule has 1 saturated heterocycles. The number of alkyl halides is 2. The van der Waals surface area contributed by atoms with Crippen LogP contribution in [0.1, 0.15) is 45.0 Å². The molecule has 1 amide bonds. The number of nitrogens with zero attached hydrogens (tertiary/aromatic N) is 3. The smallest absolute Gasteiger partial charge is 0.263 e. The van der Waals surface area contributed by atoms with Gasteiger partial charge < -0.3 is 21.7 Å².